The van der Waals surface area contributed by atoms with Gasteiger partial charge in [-0.25, -0.2) is 0 Å². The van der Waals surface area contributed by atoms with E-state index in [2.05, 4.69) is 4.74 Å². The zero-order valence-corrected chi connectivity index (χ0v) is 4.59. The van der Waals surface area contributed by atoms with E-state index in [0.717, 1.165) is 0 Å². The van der Waals surface area contributed by atoms with Crippen molar-refractivity contribution in [3.63, 3.8) is 0 Å². The van der Waals surface area contributed by atoms with Gasteiger partial charge in [0.05, 0.1) is 6.54 Å². The van der Waals surface area contributed by atoms with Crippen LogP contribution in [0.3, 0.4) is 0 Å². The molecule has 0 bridgehead atoms. The average Bonchev–Trinajstić information content (AvgIpc) is 1.65. The molecule has 0 heterocycles. The Kier molecular flexibility index (Phi) is 3.14. The average molecular weight is 118 g/mol. The van der Waals surface area contributed by atoms with Crippen LogP contribution in [0, 0.1) is 0 Å². The van der Waals surface area contributed by atoms with Gasteiger partial charge in [0.1, 0.15) is 0 Å². The highest BCUT2D eigenvalue weighted by atomic mass is 16.6. The first-order valence-corrected chi connectivity index (χ1v) is 2.22. The Bertz CT molecular complexity index is 81.4. The van der Waals surface area contributed by atoms with Gasteiger partial charge in [-0.15, -0.1) is 0 Å². The molecule has 0 aliphatic carbocycles. The number of ether oxygens (including phenoxy) is 1. The minimum absolute atomic E-state index is 0.230. The van der Waals surface area contributed by atoms with Crippen molar-refractivity contribution < 1.29 is 14.6 Å². The van der Waals surface area contributed by atoms with E-state index in [0.29, 0.717) is 0 Å². The summed E-state index contributed by atoms with van der Waals surface area (Å²) in [4.78, 5) is 10.1. The Morgan fingerprint density at radius 3 is 2.50 bits per heavy atom. The van der Waals surface area contributed by atoms with Gasteiger partial charge in [0, 0.05) is 6.92 Å². The summed E-state index contributed by atoms with van der Waals surface area (Å²) in [6, 6.07) is 0. The van der Waals surface area contributed by atoms with Crippen LogP contribution in [0.5, 0.6) is 0 Å². The molecule has 0 aromatic carbocycles. The zero-order chi connectivity index (χ0) is 6.57. The maximum atomic E-state index is 10.1. The third-order valence-corrected chi connectivity index (χ3v) is 0.464. The van der Waals surface area contributed by atoms with Crippen LogP contribution in [0.25, 0.3) is 0 Å². The summed E-state index contributed by atoms with van der Waals surface area (Å²) >= 11 is 0. The summed E-state index contributed by atoms with van der Waals surface area (Å²) < 4.78 is 4.08. The first-order valence-electron chi connectivity index (χ1n) is 2.22. The lowest BCUT2D eigenvalue weighted by atomic mass is 10.7. The van der Waals surface area contributed by atoms with Gasteiger partial charge < -0.3 is 10.5 Å². The topological polar surface area (TPSA) is 72.2 Å². The summed E-state index contributed by atoms with van der Waals surface area (Å²) in [6.07, 6.45) is -1.30. The molecule has 0 aromatic heterocycles. The van der Waals surface area contributed by atoms with Crippen molar-refractivity contribution in [2.24, 2.45) is 5.73 Å². The van der Waals surface area contributed by atoms with Crippen LogP contribution in [-0.4, -0.2) is 18.8 Å². The Morgan fingerprint density at radius 1 is 1.88 bits per heavy atom. The second-order valence-electron chi connectivity index (χ2n) is 1.26. The largest absolute Gasteiger partial charge is 0.432 e. The molecule has 0 rings (SSSR count). The van der Waals surface area contributed by atoms with E-state index >= 15 is 0 Å². The van der Waals surface area contributed by atoms with Gasteiger partial charge >= 0.3 is 5.97 Å². The molecule has 0 aromatic rings. The minimum Gasteiger partial charge on any atom is -0.432 e. The molecule has 0 spiro atoms. The van der Waals surface area contributed by atoms with Crippen molar-refractivity contribution >= 4 is 5.97 Å². The summed E-state index contributed by atoms with van der Waals surface area (Å²) in [5.41, 5.74) is 4.81. The standard InChI is InChI=1S/C4H8NO3/c1-3(6)8-4(7)2-5/h3H,2,5H2,1H3. The van der Waals surface area contributed by atoms with Crippen LogP contribution in [0.2, 0.25) is 0 Å². The third-order valence-electron chi connectivity index (χ3n) is 0.464. The molecular formula is C4H8NO3. The maximum absolute atomic E-state index is 10.1. The van der Waals surface area contributed by atoms with Crippen LogP contribution in [0.1, 0.15) is 6.92 Å². The van der Waals surface area contributed by atoms with Crippen molar-refractivity contribution in [2.45, 2.75) is 13.2 Å². The van der Waals surface area contributed by atoms with Crippen LogP contribution in [0.4, 0.5) is 0 Å². The molecule has 0 amide bonds. The molecule has 0 aliphatic heterocycles. The molecule has 4 heteroatoms. The number of carbonyl (C=O) groups is 1. The van der Waals surface area contributed by atoms with Crippen molar-refractivity contribution in [1.82, 2.24) is 0 Å². The molecule has 1 atom stereocenters. The van der Waals surface area contributed by atoms with Gasteiger partial charge in [0.25, 0.3) is 0 Å². The first kappa shape index (κ1) is 7.39. The normalized spacial score (nSPS) is 12.9. The number of hydrogen-bond acceptors (Lipinski definition) is 3. The molecule has 0 saturated heterocycles. The molecule has 0 saturated carbocycles. The van der Waals surface area contributed by atoms with E-state index in [1.807, 2.05) is 0 Å². The molecule has 1 unspecified atom stereocenters. The van der Waals surface area contributed by atoms with E-state index in [1.165, 1.54) is 6.92 Å². The minimum atomic E-state index is -1.30. The van der Waals surface area contributed by atoms with Gasteiger partial charge in [-0.2, -0.15) is 5.11 Å². The quantitative estimate of drug-likeness (QED) is 0.383. The molecule has 4 nitrogen and oxygen atoms in total. The first-order chi connectivity index (χ1) is 3.66. The summed E-state index contributed by atoms with van der Waals surface area (Å²) in [6.45, 7) is 1.00. The number of hydrogen-bond donors (Lipinski definition) is 1. The van der Waals surface area contributed by atoms with Gasteiger partial charge in [-0.3, -0.25) is 4.79 Å². The van der Waals surface area contributed by atoms with E-state index < -0.39 is 12.3 Å². The second kappa shape index (κ2) is 3.40. The molecule has 47 valence electrons. The third kappa shape index (κ3) is 3.58. The van der Waals surface area contributed by atoms with Crippen LogP contribution in [-0.2, 0) is 14.6 Å². The number of esters is 1. The van der Waals surface area contributed by atoms with E-state index in [-0.39, 0.29) is 6.54 Å². The van der Waals surface area contributed by atoms with Crippen molar-refractivity contribution in [3.8, 4) is 0 Å². The lowest BCUT2D eigenvalue weighted by molar-refractivity contribution is -0.172. The van der Waals surface area contributed by atoms with Crippen LogP contribution >= 0.6 is 0 Å². The monoisotopic (exact) mass is 118 g/mol. The SMILES string of the molecule is CC([O])OC(=O)CN. The maximum Gasteiger partial charge on any atom is 0.322 e. The molecular weight excluding hydrogens is 110 g/mol. The summed E-state index contributed by atoms with van der Waals surface area (Å²) in [5.74, 6) is -0.660. The lowest BCUT2D eigenvalue weighted by Crippen LogP contribution is -2.20. The molecule has 0 fully saturated rings. The molecule has 2 N–H and O–H groups in total. The van der Waals surface area contributed by atoms with Crippen molar-refractivity contribution in [1.29, 1.82) is 0 Å². The molecule has 0 aliphatic rings. The fraction of sp³-hybridized carbons (Fsp3) is 0.750. The van der Waals surface area contributed by atoms with Gasteiger partial charge in [0.15, 0.2) is 0 Å². The highest BCUT2D eigenvalue weighted by Crippen LogP contribution is 1.83. The second-order valence-corrected chi connectivity index (χ2v) is 1.26. The fourth-order valence-corrected chi connectivity index (χ4v) is 0.233. The predicted octanol–water partition coefficient (Wildman–Crippen LogP) is -0.735. The Labute approximate surface area is 47.2 Å². The number of nitrogens with two attached hydrogens (primary N) is 1. The Morgan fingerprint density at radius 2 is 2.38 bits per heavy atom. The summed E-state index contributed by atoms with van der Waals surface area (Å²) in [5, 5.41) is 10.00. The molecule has 1 radical (unpaired) electrons. The van der Waals surface area contributed by atoms with Gasteiger partial charge in [0.2, 0.25) is 6.29 Å². The zero-order valence-electron chi connectivity index (χ0n) is 4.59. The smallest absolute Gasteiger partial charge is 0.322 e. The van der Waals surface area contributed by atoms with E-state index in [9.17, 15) is 9.90 Å². The highest BCUT2D eigenvalue weighted by molar-refractivity contribution is 5.71. The van der Waals surface area contributed by atoms with Crippen molar-refractivity contribution in [3.05, 3.63) is 0 Å². The van der Waals surface area contributed by atoms with Crippen molar-refractivity contribution in [2.75, 3.05) is 6.54 Å². The Hall–Kier alpha value is -0.610. The number of rotatable bonds is 2. The predicted molar refractivity (Wildman–Crippen MR) is 25.3 cm³/mol. The van der Waals surface area contributed by atoms with E-state index in [4.69, 9.17) is 5.73 Å². The van der Waals surface area contributed by atoms with Gasteiger partial charge in [-0.1, -0.05) is 0 Å². The summed E-state index contributed by atoms with van der Waals surface area (Å²) in [7, 11) is 0. The highest BCUT2D eigenvalue weighted by Gasteiger charge is 2.02. The van der Waals surface area contributed by atoms with E-state index in [1.54, 1.807) is 0 Å². The van der Waals surface area contributed by atoms with Crippen LogP contribution in [0.15, 0.2) is 0 Å². The van der Waals surface area contributed by atoms with Gasteiger partial charge in [-0.05, 0) is 0 Å². The lowest BCUT2D eigenvalue weighted by Gasteiger charge is -2.00. The fourth-order valence-electron chi connectivity index (χ4n) is 0.233. The number of carbonyl (C=O) groups excluding carboxylic acids is 1. The molecule has 8 heavy (non-hydrogen) atoms. The Balaban J connectivity index is 3.25. The van der Waals surface area contributed by atoms with Crippen LogP contribution < -0.4 is 5.73 Å².